The van der Waals surface area contributed by atoms with Gasteiger partial charge < -0.3 is 14.6 Å². The first-order valence-corrected chi connectivity index (χ1v) is 11.2. The van der Waals surface area contributed by atoms with E-state index in [9.17, 15) is 9.18 Å². The van der Waals surface area contributed by atoms with Crippen LogP contribution in [0.25, 0.3) is 0 Å². The molecular weight excluding hydrogens is 395 g/mol. The van der Waals surface area contributed by atoms with E-state index in [0.29, 0.717) is 6.42 Å². The molecule has 0 saturated carbocycles. The Labute approximate surface area is 184 Å². The number of hydrogen-bond acceptors (Lipinski definition) is 3. The molecule has 0 unspecified atom stereocenters. The van der Waals surface area contributed by atoms with Crippen molar-refractivity contribution in [2.45, 2.75) is 84.8 Å². The second kappa shape index (κ2) is 9.71. The Balaban J connectivity index is 1.80. The smallest absolute Gasteiger partial charge is 0.303 e. The standard InChI is InChI=1S/C26H33FO4/c1-5-11-26(12-6-2)15-20-13-22(27)14-21(25(20)31-26)16-30-23-9-7-19(8-10-24(28)29)17(3)18(23)4/h7,9,13-14H,5-6,8,10-12,15-16H2,1-4H3,(H,28,29). The van der Waals surface area contributed by atoms with Gasteiger partial charge in [0, 0.05) is 24.0 Å². The van der Waals surface area contributed by atoms with Crippen LogP contribution in [0.4, 0.5) is 4.39 Å². The minimum Gasteiger partial charge on any atom is -0.488 e. The number of benzene rings is 2. The van der Waals surface area contributed by atoms with Crippen LogP contribution in [0.15, 0.2) is 24.3 Å². The quantitative estimate of drug-likeness (QED) is 0.482. The third-order valence-corrected chi connectivity index (χ3v) is 6.29. The summed E-state index contributed by atoms with van der Waals surface area (Å²) in [5, 5.41) is 8.94. The Morgan fingerprint density at radius 1 is 1.13 bits per heavy atom. The minimum atomic E-state index is -0.806. The van der Waals surface area contributed by atoms with Gasteiger partial charge in [-0.25, -0.2) is 4.39 Å². The second-order valence-electron chi connectivity index (χ2n) is 8.67. The van der Waals surface area contributed by atoms with Crippen LogP contribution in [0.5, 0.6) is 11.5 Å². The highest BCUT2D eigenvalue weighted by Crippen LogP contribution is 2.43. The van der Waals surface area contributed by atoms with Crippen LogP contribution in [0.2, 0.25) is 0 Å². The summed E-state index contributed by atoms with van der Waals surface area (Å²) in [6.45, 7) is 8.48. The number of ether oxygens (including phenoxy) is 2. The first-order valence-electron chi connectivity index (χ1n) is 11.2. The average molecular weight is 429 g/mol. The molecule has 1 aliphatic heterocycles. The molecule has 0 fully saturated rings. The van der Waals surface area contributed by atoms with Gasteiger partial charge in [-0.2, -0.15) is 0 Å². The zero-order chi connectivity index (χ0) is 22.6. The van der Waals surface area contributed by atoms with Crippen LogP contribution in [0, 0.1) is 19.7 Å². The molecule has 31 heavy (non-hydrogen) atoms. The molecule has 2 aromatic carbocycles. The lowest BCUT2D eigenvalue weighted by Crippen LogP contribution is -2.34. The van der Waals surface area contributed by atoms with Crippen molar-refractivity contribution in [1.29, 1.82) is 0 Å². The van der Waals surface area contributed by atoms with Gasteiger partial charge in [0.25, 0.3) is 0 Å². The number of fused-ring (bicyclic) bond motifs is 1. The lowest BCUT2D eigenvalue weighted by Gasteiger charge is -2.28. The largest absolute Gasteiger partial charge is 0.488 e. The zero-order valence-electron chi connectivity index (χ0n) is 19.0. The van der Waals surface area contributed by atoms with E-state index in [2.05, 4.69) is 13.8 Å². The molecule has 1 N–H and O–H groups in total. The fraction of sp³-hybridized carbons (Fsp3) is 0.500. The van der Waals surface area contributed by atoms with E-state index >= 15 is 0 Å². The number of aryl methyl sites for hydroxylation is 1. The molecule has 0 amide bonds. The van der Waals surface area contributed by atoms with Crippen LogP contribution >= 0.6 is 0 Å². The minimum absolute atomic E-state index is 0.102. The Bertz CT molecular complexity index is 945. The molecule has 0 atom stereocenters. The van der Waals surface area contributed by atoms with E-state index in [4.69, 9.17) is 14.6 Å². The Hall–Kier alpha value is -2.56. The molecule has 0 aromatic heterocycles. The fourth-order valence-corrected chi connectivity index (χ4v) is 4.67. The Kier molecular flexibility index (Phi) is 7.24. The van der Waals surface area contributed by atoms with Gasteiger partial charge in [-0.05, 0) is 68.0 Å². The Morgan fingerprint density at radius 2 is 1.84 bits per heavy atom. The maximum atomic E-state index is 14.4. The molecule has 0 spiro atoms. The summed E-state index contributed by atoms with van der Waals surface area (Å²) in [4.78, 5) is 10.9. The number of aliphatic carboxylic acids is 1. The first-order chi connectivity index (χ1) is 14.8. The van der Waals surface area contributed by atoms with Crippen LogP contribution in [-0.2, 0) is 24.2 Å². The number of hydrogen-bond donors (Lipinski definition) is 1. The van der Waals surface area contributed by atoms with E-state index < -0.39 is 5.97 Å². The maximum Gasteiger partial charge on any atom is 0.303 e. The summed E-state index contributed by atoms with van der Waals surface area (Å²) in [6.07, 6.45) is 5.28. The number of carboxylic acids is 1. The molecule has 5 heteroatoms. The van der Waals surface area contributed by atoms with Crippen molar-refractivity contribution in [1.82, 2.24) is 0 Å². The van der Waals surface area contributed by atoms with Crippen LogP contribution in [0.1, 0.15) is 73.8 Å². The van der Waals surface area contributed by atoms with Gasteiger partial charge in [-0.3, -0.25) is 4.79 Å². The van der Waals surface area contributed by atoms with Gasteiger partial charge in [0.15, 0.2) is 0 Å². The topological polar surface area (TPSA) is 55.8 Å². The highest BCUT2D eigenvalue weighted by atomic mass is 19.1. The summed E-state index contributed by atoms with van der Waals surface area (Å²) in [5.41, 5.74) is 4.43. The molecule has 1 aliphatic rings. The molecule has 0 aliphatic carbocycles. The predicted molar refractivity (Wildman–Crippen MR) is 119 cm³/mol. The number of carboxylic acid groups (broad SMARTS) is 1. The van der Waals surface area contributed by atoms with E-state index in [0.717, 1.165) is 71.4 Å². The van der Waals surface area contributed by atoms with Gasteiger partial charge in [0.05, 0.1) is 0 Å². The van der Waals surface area contributed by atoms with Crippen molar-refractivity contribution in [2.75, 3.05) is 0 Å². The third kappa shape index (κ3) is 5.20. The summed E-state index contributed by atoms with van der Waals surface area (Å²) >= 11 is 0. The first kappa shape index (κ1) is 23.1. The van der Waals surface area contributed by atoms with Crippen molar-refractivity contribution >= 4 is 5.97 Å². The predicted octanol–water partition coefficient (Wildman–Crippen LogP) is 6.31. The van der Waals surface area contributed by atoms with Gasteiger partial charge >= 0.3 is 5.97 Å². The number of rotatable bonds is 10. The normalized spacial score (nSPS) is 14.2. The fourth-order valence-electron chi connectivity index (χ4n) is 4.67. The lowest BCUT2D eigenvalue weighted by molar-refractivity contribution is -0.136. The highest BCUT2D eigenvalue weighted by molar-refractivity contribution is 5.67. The summed E-state index contributed by atoms with van der Waals surface area (Å²) < 4.78 is 26.9. The molecule has 3 rings (SSSR count). The zero-order valence-corrected chi connectivity index (χ0v) is 19.0. The van der Waals surface area contributed by atoms with Gasteiger partial charge in [0.1, 0.15) is 29.5 Å². The SMILES string of the molecule is CCCC1(CCC)Cc2cc(F)cc(COc3ccc(CCC(=O)O)c(C)c3C)c2O1. The third-order valence-electron chi connectivity index (χ3n) is 6.29. The van der Waals surface area contributed by atoms with Crippen molar-refractivity contribution in [3.05, 3.63) is 57.9 Å². The lowest BCUT2D eigenvalue weighted by atomic mass is 9.88. The molecular formula is C26H33FO4. The van der Waals surface area contributed by atoms with Gasteiger partial charge in [-0.1, -0.05) is 32.8 Å². The van der Waals surface area contributed by atoms with E-state index in [1.165, 1.54) is 6.07 Å². The van der Waals surface area contributed by atoms with E-state index in [-0.39, 0.29) is 24.4 Å². The molecule has 0 saturated heterocycles. The summed E-state index contributed by atoms with van der Waals surface area (Å²) in [7, 11) is 0. The molecule has 2 aromatic rings. The summed E-state index contributed by atoms with van der Waals surface area (Å²) in [5.74, 6) is 0.429. The second-order valence-corrected chi connectivity index (χ2v) is 8.67. The van der Waals surface area contributed by atoms with Crippen LogP contribution < -0.4 is 9.47 Å². The molecule has 168 valence electrons. The molecule has 1 heterocycles. The molecule has 4 nitrogen and oxygen atoms in total. The van der Waals surface area contributed by atoms with E-state index in [1.807, 2.05) is 26.0 Å². The number of carbonyl (C=O) groups is 1. The highest BCUT2D eigenvalue weighted by Gasteiger charge is 2.39. The van der Waals surface area contributed by atoms with Gasteiger partial charge in [0.2, 0.25) is 0 Å². The van der Waals surface area contributed by atoms with Crippen molar-refractivity contribution in [2.24, 2.45) is 0 Å². The van der Waals surface area contributed by atoms with Crippen molar-refractivity contribution < 1.29 is 23.8 Å². The maximum absolute atomic E-state index is 14.4. The van der Waals surface area contributed by atoms with Crippen LogP contribution in [-0.4, -0.2) is 16.7 Å². The molecule has 0 radical (unpaired) electrons. The van der Waals surface area contributed by atoms with E-state index in [1.54, 1.807) is 6.07 Å². The number of halogens is 1. The van der Waals surface area contributed by atoms with Crippen LogP contribution in [0.3, 0.4) is 0 Å². The van der Waals surface area contributed by atoms with Gasteiger partial charge in [-0.15, -0.1) is 0 Å². The summed E-state index contributed by atoms with van der Waals surface area (Å²) in [6, 6.07) is 6.90. The molecule has 0 bridgehead atoms. The monoisotopic (exact) mass is 428 g/mol. The average Bonchev–Trinajstić information content (AvgIpc) is 3.06. The Morgan fingerprint density at radius 3 is 2.48 bits per heavy atom. The van der Waals surface area contributed by atoms with Crippen molar-refractivity contribution in [3.63, 3.8) is 0 Å². The van der Waals surface area contributed by atoms with Crippen molar-refractivity contribution in [3.8, 4) is 11.5 Å².